The minimum atomic E-state index is -0.186. The number of aromatic nitrogens is 1. The Hall–Kier alpha value is -2.36. The fourth-order valence-electron chi connectivity index (χ4n) is 1.83. The molecular formula is C15H16N2O2. The number of methoxy groups -OCH3 is 1. The van der Waals surface area contributed by atoms with Crippen LogP contribution >= 0.6 is 0 Å². The van der Waals surface area contributed by atoms with Crippen molar-refractivity contribution in [3.05, 3.63) is 53.3 Å². The molecule has 0 spiro atoms. The highest BCUT2D eigenvalue weighted by molar-refractivity contribution is 6.05. The topological polar surface area (TPSA) is 51.2 Å². The Morgan fingerprint density at radius 2 is 2.05 bits per heavy atom. The van der Waals surface area contributed by atoms with E-state index in [0.29, 0.717) is 22.7 Å². The molecule has 2 aromatic rings. The maximum atomic E-state index is 12.2. The first-order chi connectivity index (χ1) is 9.11. The average Bonchev–Trinajstić information content (AvgIpc) is 2.39. The van der Waals surface area contributed by atoms with Crippen molar-refractivity contribution in [3.8, 4) is 5.75 Å². The largest absolute Gasteiger partial charge is 0.495 e. The molecule has 0 aliphatic rings. The molecule has 19 heavy (non-hydrogen) atoms. The van der Waals surface area contributed by atoms with Gasteiger partial charge in [-0.25, -0.2) is 0 Å². The van der Waals surface area contributed by atoms with Gasteiger partial charge in [0.25, 0.3) is 5.91 Å². The average molecular weight is 256 g/mol. The van der Waals surface area contributed by atoms with Crippen LogP contribution in [-0.2, 0) is 0 Å². The lowest BCUT2D eigenvalue weighted by molar-refractivity contribution is 0.102. The van der Waals surface area contributed by atoms with Crippen molar-refractivity contribution >= 4 is 11.6 Å². The molecule has 4 heteroatoms. The van der Waals surface area contributed by atoms with E-state index in [-0.39, 0.29) is 5.91 Å². The van der Waals surface area contributed by atoms with Gasteiger partial charge in [0.1, 0.15) is 5.75 Å². The molecule has 0 aliphatic carbocycles. The predicted molar refractivity (Wildman–Crippen MR) is 74.7 cm³/mol. The van der Waals surface area contributed by atoms with Gasteiger partial charge in [-0.1, -0.05) is 6.07 Å². The first kappa shape index (κ1) is 13.1. The van der Waals surface area contributed by atoms with E-state index in [4.69, 9.17) is 4.74 Å². The summed E-state index contributed by atoms with van der Waals surface area (Å²) in [6, 6.07) is 9.14. The van der Waals surface area contributed by atoms with E-state index >= 15 is 0 Å². The fourth-order valence-corrected chi connectivity index (χ4v) is 1.83. The van der Waals surface area contributed by atoms with Crippen LogP contribution in [0.1, 0.15) is 21.6 Å². The molecule has 1 heterocycles. The molecule has 0 saturated carbocycles. The molecule has 0 unspecified atom stereocenters. The van der Waals surface area contributed by atoms with Gasteiger partial charge in [0, 0.05) is 11.9 Å². The number of carbonyl (C=O) groups excluding carboxylic acids is 1. The highest BCUT2D eigenvalue weighted by Crippen LogP contribution is 2.25. The predicted octanol–water partition coefficient (Wildman–Crippen LogP) is 2.96. The van der Waals surface area contributed by atoms with Crippen molar-refractivity contribution in [3.63, 3.8) is 0 Å². The maximum Gasteiger partial charge on any atom is 0.257 e. The minimum Gasteiger partial charge on any atom is -0.495 e. The lowest BCUT2D eigenvalue weighted by Gasteiger charge is -2.11. The van der Waals surface area contributed by atoms with Crippen LogP contribution in [0.15, 0.2) is 36.5 Å². The van der Waals surface area contributed by atoms with Crippen molar-refractivity contribution in [2.75, 3.05) is 12.4 Å². The van der Waals surface area contributed by atoms with E-state index in [9.17, 15) is 4.79 Å². The van der Waals surface area contributed by atoms with Crippen LogP contribution in [0.4, 0.5) is 5.69 Å². The van der Waals surface area contributed by atoms with Gasteiger partial charge in [-0.05, 0) is 43.7 Å². The van der Waals surface area contributed by atoms with Crippen LogP contribution in [0.5, 0.6) is 5.75 Å². The molecule has 0 radical (unpaired) electrons. The van der Waals surface area contributed by atoms with Gasteiger partial charge in [0.05, 0.1) is 18.4 Å². The molecule has 4 nitrogen and oxygen atoms in total. The van der Waals surface area contributed by atoms with Crippen LogP contribution in [0.25, 0.3) is 0 Å². The fraction of sp³-hybridized carbons (Fsp3) is 0.200. The van der Waals surface area contributed by atoms with E-state index in [0.717, 1.165) is 5.56 Å². The second-order valence-corrected chi connectivity index (χ2v) is 4.29. The summed E-state index contributed by atoms with van der Waals surface area (Å²) >= 11 is 0. The third kappa shape index (κ3) is 2.91. The Morgan fingerprint density at radius 1 is 1.26 bits per heavy atom. The number of aryl methyl sites for hydroxylation is 2. The summed E-state index contributed by atoms with van der Waals surface area (Å²) in [5.74, 6) is 0.454. The molecule has 1 N–H and O–H groups in total. The quantitative estimate of drug-likeness (QED) is 0.918. The highest BCUT2D eigenvalue weighted by atomic mass is 16.5. The van der Waals surface area contributed by atoms with Crippen LogP contribution in [0.2, 0.25) is 0 Å². The number of hydrogen-bond acceptors (Lipinski definition) is 3. The third-order valence-corrected chi connectivity index (χ3v) is 2.85. The number of carbonyl (C=O) groups is 1. The smallest absolute Gasteiger partial charge is 0.257 e. The van der Waals surface area contributed by atoms with E-state index in [1.807, 2.05) is 32.0 Å². The first-order valence-corrected chi connectivity index (χ1v) is 5.99. The summed E-state index contributed by atoms with van der Waals surface area (Å²) in [4.78, 5) is 16.3. The highest BCUT2D eigenvalue weighted by Gasteiger charge is 2.12. The van der Waals surface area contributed by atoms with Gasteiger partial charge in [-0.3, -0.25) is 9.78 Å². The normalized spacial score (nSPS) is 10.1. The molecule has 0 atom stereocenters. The van der Waals surface area contributed by atoms with Crippen LogP contribution in [-0.4, -0.2) is 18.0 Å². The monoisotopic (exact) mass is 256 g/mol. The number of hydrogen-bond donors (Lipinski definition) is 1. The van der Waals surface area contributed by atoms with Crippen LogP contribution < -0.4 is 10.1 Å². The zero-order valence-electron chi connectivity index (χ0n) is 11.2. The molecule has 0 bridgehead atoms. The van der Waals surface area contributed by atoms with Crippen molar-refractivity contribution in [1.29, 1.82) is 0 Å². The summed E-state index contributed by atoms with van der Waals surface area (Å²) < 4.78 is 5.24. The van der Waals surface area contributed by atoms with Crippen molar-refractivity contribution in [1.82, 2.24) is 4.98 Å². The number of rotatable bonds is 3. The summed E-state index contributed by atoms with van der Waals surface area (Å²) in [6.07, 6.45) is 1.67. The van der Waals surface area contributed by atoms with Gasteiger partial charge >= 0.3 is 0 Å². The van der Waals surface area contributed by atoms with Gasteiger partial charge in [-0.2, -0.15) is 0 Å². The summed E-state index contributed by atoms with van der Waals surface area (Å²) in [6.45, 7) is 3.77. The Bertz CT molecular complexity index is 609. The van der Waals surface area contributed by atoms with Crippen LogP contribution in [0, 0.1) is 13.8 Å². The SMILES string of the molecule is COc1ccc(C)cc1NC(=O)c1cccnc1C. The Balaban J connectivity index is 2.29. The Morgan fingerprint density at radius 3 is 2.74 bits per heavy atom. The van der Waals surface area contributed by atoms with Gasteiger partial charge < -0.3 is 10.1 Å². The maximum absolute atomic E-state index is 12.2. The van der Waals surface area contributed by atoms with E-state index < -0.39 is 0 Å². The van der Waals surface area contributed by atoms with Gasteiger partial charge in [-0.15, -0.1) is 0 Å². The van der Waals surface area contributed by atoms with E-state index in [1.165, 1.54) is 0 Å². The summed E-state index contributed by atoms with van der Waals surface area (Å²) in [5.41, 5.74) is 2.98. The second kappa shape index (κ2) is 5.52. The number of amides is 1. The number of pyridine rings is 1. The van der Waals surface area contributed by atoms with Crippen molar-refractivity contribution in [2.24, 2.45) is 0 Å². The molecule has 1 aromatic carbocycles. The zero-order chi connectivity index (χ0) is 13.8. The van der Waals surface area contributed by atoms with Crippen molar-refractivity contribution in [2.45, 2.75) is 13.8 Å². The van der Waals surface area contributed by atoms with E-state index in [1.54, 1.807) is 25.4 Å². The molecule has 0 fully saturated rings. The molecule has 1 amide bonds. The number of nitrogens with one attached hydrogen (secondary N) is 1. The minimum absolute atomic E-state index is 0.186. The van der Waals surface area contributed by atoms with Crippen molar-refractivity contribution < 1.29 is 9.53 Å². The lowest BCUT2D eigenvalue weighted by atomic mass is 10.1. The molecular weight excluding hydrogens is 240 g/mol. The Kier molecular flexibility index (Phi) is 3.80. The molecule has 1 aromatic heterocycles. The van der Waals surface area contributed by atoms with Gasteiger partial charge in [0.15, 0.2) is 0 Å². The van der Waals surface area contributed by atoms with Crippen LogP contribution in [0.3, 0.4) is 0 Å². The first-order valence-electron chi connectivity index (χ1n) is 5.99. The molecule has 0 saturated heterocycles. The summed E-state index contributed by atoms with van der Waals surface area (Å²) in [5, 5.41) is 2.86. The number of anilines is 1. The molecule has 98 valence electrons. The number of nitrogens with zero attached hydrogens (tertiary/aromatic N) is 1. The third-order valence-electron chi connectivity index (χ3n) is 2.85. The number of benzene rings is 1. The molecule has 0 aliphatic heterocycles. The number of ether oxygens (including phenoxy) is 1. The zero-order valence-corrected chi connectivity index (χ0v) is 11.2. The lowest BCUT2D eigenvalue weighted by Crippen LogP contribution is -2.14. The second-order valence-electron chi connectivity index (χ2n) is 4.29. The van der Waals surface area contributed by atoms with Gasteiger partial charge in [0.2, 0.25) is 0 Å². The van der Waals surface area contributed by atoms with E-state index in [2.05, 4.69) is 10.3 Å². The Labute approximate surface area is 112 Å². The molecule has 2 rings (SSSR count). The standard InChI is InChI=1S/C15H16N2O2/c1-10-6-7-14(19-3)13(9-10)17-15(18)12-5-4-8-16-11(12)2/h4-9H,1-3H3,(H,17,18). The summed E-state index contributed by atoms with van der Waals surface area (Å²) in [7, 11) is 1.58.